The Morgan fingerprint density at radius 2 is 2.05 bits per heavy atom. The first-order valence-corrected chi connectivity index (χ1v) is 7.63. The van der Waals surface area contributed by atoms with Crippen LogP contribution in [-0.4, -0.2) is 6.54 Å². The van der Waals surface area contributed by atoms with E-state index in [0.717, 1.165) is 17.8 Å². The van der Waals surface area contributed by atoms with E-state index in [0.29, 0.717) is 16.6 Å². The summed E-state index contributed by atoms with van der Waals surface area (Å²) < 4.78 is 13.9. The molecule has 0 fully saturated rings. The van der Waals surface area contributed by atoms with Crippen LogP contribution in [0, 0.1) is 5.82 Å². The van der Waals surface area contributed by atoms with Crippen molar-refractivity contribution in [3.05, 3.63) is 46.0 Å². The first kappa shape index (κ1) is 14.5. The number of hydrogen-bond donors (Lipinski definition) is 1. The number of halogens is 2. The van der Waals surface area contributed by atoms with Gasteiger partial charge in [-0.1, -0.05) is 25.4 Å². The molecule has 4 heteroatoms. The van der Waals surface area contributed by atoms with E-state index in [1.54, 1.807) is 23.5 Å². The van der Waals surface area contributed by atoms with Gasteiger partial charge in [0.25, 0.3) is 0 Å². The second kappa shape index (κ2) is 6.51. The Kier molecular flexibility index (Phi) is 4.97. The summed E-state index contributed by atoms with van der Waals surface area (Å²) in [6.45, 7) is 5.17. The number of rotatable bonds is 5. The van der Waals surface area contributed by atoms with Gasteiger partial charge in [0.1, 0.15) is 5.82 Å². The van der Waals surface area contributed by atoms with E-state index in [1.807, 2.05) is 6.07 Å². The molecule has 0 saturated heterocycles. The Balaban J connectivity index is 2.29. The summed E-state index contributed by atoms with van der Waals surface area (Å²) in [5.74, 6) is -0.266. The van der Waals surface area contributed by atoms with Crippen LogP contribution < -0.4 is 5.32 Å². The smallest absolute Gasteiger partial charge is 0.133 e. The molecule has 1 nitrogen and oxygen atoms in total. The maximum Gasteiger partial charge on any atom is 0.133 e. The molecule has 19 heavy (non-hydrogen) atoms. The highest BCUT2D eigenvalue weighted by Crippen LogP contribution is 2.34. The molecule has 1 aromatic carbocycles. The zero-order valence-corrected chi connectivity index (χ0v) is 12.6. The molecular weight excluding hydrogens is 281 g/mol. The minimum absolute atomic E-state index is 0.266. The molecule has 1 aromatic heterocycles. The van der Waals surface area contributed by atoms with Gasteiger partial charge < -0.3 is 5.32 Å². The maximum atomic E-state index is 13.9. The van der Waals surface area contributed by atoms with Crippen molar-refractivity contribution < 1.29 is 4.39 Å². The average molecular weight is 298 g/mol. The molecule has 0 saturated carbocycles. The zero-order valence-electron chi connectivity index (χ0n) is 11.0. The summed E-state index contributed by atoms with van der Waals surface area (Å²) in [6, 6.07) is 9.22. The molecular formula is C15H17ClFNS. The molecule has 1 atom stereocenters. The predicted molar refractivity (Wildman–Crippen MR) is 81.4 cm³/mol. The lowest BCUT2D eigenvalue weighted by Gasteiger charge is -2.13. The highest BCUT2D eigenvalue weighted by molar-refractivity contribution is 7.15. The molecule has 0 aliphatic rings. The summed E-state index contributed by atoms with van der Waals surface area (Å²) in [5, 5.41) is 3.86. The van der Waals surface area contributed by atoms with E-state index in [9.17, 15) is 4.39 Å². The van der Waals surface area contributed by atoms with Crippen molar-refractivity contribution in [3.8, 4) is 10.4 Å². The summed E-state index contributed by atoms with van der Waals surface area (Å²) in [7, 11) is 0. The van der Waals surface area contributed by atoms with Gasteiger partial charge in [-0.15, -0.1) is 11.3 Å². The number of benzene rings is 1. The largest absolute Gasteiger partial charge is 0.310 e. The average Bonchev–Trinajstić information content (AvgIpc) is 2.85. The zero-order chi connectivity index (χ0) is 13.8. The molecule has 0 radical (unpaired) electrons. The SMILES string of the molecule is CCNC(CC)c1ccc(-c2ccc(Cl)cc2F)s1. The Bertz CT molecular complexity index is 553. The molecule has 0 spiro atoms. The molecule has 0 amide bonds. The van der Waals surface area contributed by atoms with Crippen molar-refractivity contribution in [2.45, 2.75) is 26.3 Å². The van der Waals surface area contributed by atoms with Gasteiger partial charge in [-0.05, 0) is 43.3 Å². The summed E-state index contributed by atoms with van der Waals surface area (Å²) in [5.41, 5.74) is 0.618. The third-order valence-electron chi connectivity index (χ3n) is 3.03. The molecule has 0 aliphatic heterocycles. The summed E-state index contributed by atoms with van der Waals surface area (Å²) in [4.78, 5) is 2.19. The highest BCUT2D eigenvalue weighted by atomic mass is 35.5. The van der Waals surface area contributed by atoms with Crippen molar-refractivity contribution in [2.75, 3.05) is 6.54 Å². The van der Waals surface area contributed by atoms with E-state index in [4.69, 9.17) is 11.6 Å². The van der Waals surface area contributed by atoms with Gasteiger partial charge in [-0.25, -0.2) is 4.39 Å². The quantitative estimate of drug-likeness (QED) is 0.793. The maximum absolute atomic E-state index is 13.9. The molecule has 1 N–H and O–H groups in total. The fourth-order valence-corrected chi connectivity index (χ4v) is 3.42. The standard InChI is InChI=1S/C15H17ClFNS/c1-3-13(18-4-2)15-8-7-14(19-15)11-6-5-10(16)9-12(11)17/h5-9,13,18H,3-4H2,1-2H3. The third kappa shape index (κ3) is 3.35. The van der Waals surface area contributed by atoms with Crippen LogP contribution in [0.3, 0.4) is 0 Å². The van der Waals surface area contributed by atoms with E-state index in [-0.39, 0.29) is 5.82 Å². The van der Waals surface area contributed by atoms with Gasteiger partial charge in [0.05, 0.1) is 0 Å². The van der Waals surface area contributed by atoms with Crippen molar-refractivity contribution in [2.24, 2.45) is 0 Å². The molecule has 1 unspecified atom stereocenters. The first-order chi connectivity index (χ1) is 9.15. The van der Waals surface area contributed by atoms with E-state index in [1.165, 1.54) is 10.9 Å². The minimum atomic E-state index is -0.266. The summed E-state index contributed by atoms with van der Waals surface area (Å²) >= 11 is 7.41. The van der Waals surface area contributed by atoms with Crippen LogP contribution >= 0.6 is 22.9 Å². The van der Waals surface area contributed by atoms with Crippen LogP contribution in [-0.2, 0) is 0 Å². The monoisotopic (exact) mass is 297 g/mol. The third-order valence-corrected chi connectivity index (χ3v) is 4.49. The number of thiophene rings is 1. The Morgan fingerprint density at radius 1 is 1.26 bits per heavy atom. The van der Waals surface area contributed by atoms with Crippen LogP contribution in [0.2, 0.25) is 5.02 Å². The van der Waals surface area contributed by atoms with Gasteiger partial charge >= 0.3 is 0 Å². The predicted octanol–water partition coefficient (Wildman–Crippen LogP) is 5.27. The summed E-state index contributed by atoms with van der Waals surface area (Å²) in [6.07, 6.45) is 1.02. The van der Waals surface area contributed by atoms with Crippen molar-refractivity contribution in [3.63, 3.8) is 0 Å². The van der Waals surface area contributed by atoms with Crippen molar-refractivity contribution in [1.82, 2.24) is 5.32 Å². The Labute approximate surface area is 122 Å². The number of nitrogens with one attached hydrogen (secondary N) is 1. The van der Waals surface area contributed by atoms with Gasteiger partial charge in [0.15, 0.2) is 0 Å². The fourth-order valence-electron chi connectivity index (χ4n) is 2.07. The van der Waals surface area contributed by atoms with Gasteiger partial charge in [0.2, 0.25) is 0 Å². The van der Waals surface area contributed by atoms with Crippen LogP contribution in [0.15, 0.2) is 30.3 Å². The second-order valence-corrected chi connectivity index (χ2v) is 5.90. The Morgan fingerprint density at radius 3 is 2.68 bits per heavy atom. The van der Waals surface area contributed by atoms with Crippen LogP contribution in [0.5, 0.6) is 0 Å². The molecule has 2 aromatic rings. The van der Waals surface area contributed by atoms with Crippen LogP contribution in [0.25, 0.3) is 10.4 Å². The number of hydrogen-bond acceptors (Lipinski definition) is 2. The second-order valence-electron chi connectivity index (χ2n) is 4.34. The normalized spacial score (nSPS) is 12.6. The van der Waals surface area contributed by atoms with Crippen LogP contribution in [0.4, 0.5) is 4.39 Å². The van der Waals surface area contributed by atoms with Gasteiger partial charge in [0, 0.05) is 26.4 Å². The lowest BCUT2D eigenvalue weighted by Crippen LogP contribution is -2.18. The first-order valence-electron chi connectivity index (χ1n) is 6.44. The van der Waals surface area contributed by atoms with Gasteiger partial charge in [-0.2, -0.15) is 0 Å². The lowest BCUT2D eigenvalue weighted by atomic mass is 10.1. The van der Waals surface area contributed by atoms with Crippen molar-refractivity contribution in [1.29, 1.82) is 0 Å². The fraction of sp³-hybridized carbons (Fsp3) is 0.333. The van der Waals surface area contributed by atoms with Crippen molar-refractivity contribution >= 4 is 22.9 Å². The minimum Gasteiger partial charge on any atom is -0.310 e. The molecule has 0 aliphatic carbocycles. The van der Waals surface area contributed by atoms with E-state index in [2.05, 4.69) is 25.2 Å². The topological polar surface area (TPSA) is 12.0 Å². The highest BCUT2D eigenvalue weighted by Gasteiger charge is 2.13. The molecule has 102 valence electrons. The van der Waals surface area contributed by atoms with E-state index < -0.39 is 0 Å². The molecule has 1 heterocycles. The van der Waals surface area contributed by atoms with Crippen LogP contribution in [0.1, 0.15) is 31.2 Å². The molecule has 2 rings (SSSR count). The Hall–Kier alpha value is -0.900. The lowest BCUT2D eigenvalue weighted by molar-refractivity contribution is 0.545. The molecule has 0 bridgehead atoms. The van der Waals surface area contributed by atoms with E-state index >= 15 is 0 Å². The van der Waals surface area contributed by atoms with Gasteiger partial charge in [-0.3, -0.25) is 0 Å².